The zero-order chi connectivity index (χ0) is 18.7. The molecule has 1 N–H and O–H groups in total. The molecule has 0 fully saturated rings. The first-order chi connectivity index (χ1) is 11.3. The van der Waals surface area contributed by atoms with Crippen molar-refractivity contribution in [1.29, 1.82) is 0 Å². The maximum absolute atomic E-state index is 10.2. The Morgan fingerprint density at radius 2 is 1.17 bits per heavy atom. The Bertz CT molecular complexity index is 332. The van der Waals surface area contributed by atoms with Gasteiger partial charge in [-0.1, -0.05) is 78.1 Å². The Labute approximate surface area is 151 Å². The van der Waals surface area contributed by atoms with Crippen molar-refractivity contribution in [3.05, 3.63) is 0 Å². The van der Waals surface area contributed by atoms with Crippen LogP contribution >= 0.6 is 0 Å². The van der Waals surface area contributed by atoms with E-state index in [1.807, 2.05) is 0 Å². The largest absolute Gasteiger partial charge is 0.397 e. The lowest BCUT2D eigenvalue weighted by atomic mass is 10.1. The van der Waals surface area contributed by atoms with Crippen molar-refractivity contribution in [3.63, 3.8) is 0 Å². The molecule has 0 heterocycles. The zero-order valence-corrected chi connectivity index (χ0v) is 17.2. The quantitative estimate of drug-likeness (QED) is 0.323. The maximum Gasteiger partial charge on any atom is 0.397 e. The zero-order valence-electron chi connectivity index (χ0n) is 16.4. The summed E-state index contributed by atoms with van der Waals surface area (Å²) in [6.07, 6.45) is 14.5. The molecule has 0 saturated carbocycles. The van der Waals surface area contributed by atoms with Crippen LogP contribution in [0.2, 0.25) is 0 Å². The summed E-state index contributed by atoms with van der Waals surface area (Å²) in [5.41, 5.74) is 0. The summed E-state index contributed by atoms with van der Waals surface area (Å²) in [5, 5.41) is 0. The molecule has 0 saturated heterocycles. The fraction of sp³-hybridized carbons (Fsp3) is 1.00. The number of rotatable bonds is 15. The predicted octanol–water partition coefficient (Wildman–Crippen LogP) is 5.07. The number of unbranched alkanes of at least 4 members (excludes halogenated alkanes) is 10. The van der Waals surface area contributed by atoms with Gasteiger partial charge in [0.1, 0.15) is 0 Å². The van der Waals surface area contributed by atoms with Gasteiger partial charge in [-0.15, -0.1) is 0 Å². The van der Waals surface area contributed by atoms with Crippen molar-refractivity contribution in [1.82, 2.24) is 4.90 Å². The Balaban J connectivity index is 0. The highest BCUT2D eigenvalue weighted by Crippen LogP contribution is 2.10. The normalized spacial score (nSPS) is 11.4. The average Bonchev–Trinajstić information content (AvgIpc) is 2.50. The maximum atomic E-state index is 10.2. The van der Waals surface area contributed by atoms with Crippen LogP contribution in [0, 0.1) is 0 Å². The van der Waals surface area contributed by atoms with Crippen LogP contribution in [0.1, 0.15) is 90.9 Å². The first-order valence-corrected chi connectivity index (χ1v) is 11.0. The molecule has 0 spiro atoms. The van der Waals surface area contributed by atoms with Gasteiger partial charge in [0, 0.05) is 0 Å². The molecule has 0 radical (unpaired) electrons. The van der Waals surface area contributed by atoms with Gasteiger partial charge in [-0.25, -0.2) is 4.18 Å². The van der Waals surface area contributed by atoms with E-state index in [2.05, 4.69) is 37.0 Å². The molecule has 0 aliphatic carbocycles. The fourth-order valence-electron chi connectivity index (χ4n) is 2.23. The molecule has 0 bridgehead atoms. The highest BCUT2D eigenvalue weighted by molar-refractivity contribution is 7.80. The Morgan fingerprint density at radius 1 is 0.750 bits per heavy atom. The second-order valence-electron chi connectivity index (χ2n) is 6.59. The van der Waals surface area contributed by atoms with Crippen molar-refractivity contribution < 1.29 is 17.2 Å². The van der Waals surface area contributed by atoms with Crippen LogP contribution in [-0.4, -0.2) is 45.1 Å². The van der Waals surface area contributed by atoms with Crippen LogP contribution in [-0.2, 0) is 14.6 Å². The summed E-state index contributed by atoms with van der Waals surface area (Å²) in [5.74, 6) is 0. The smallest absolute Gasteiger partial charge is 0.309 e. The van der Waals surface area contributed by atoms with Gasteiger partial charge in [-0.05, 0) is 33.5 Å². The van der Waals surface area contributed by atoms with Crippen LogP contribution in [0.3, 0.4) is 0 Å². The van der Waals surface area contributed by atoms with Gasteiger partial charge in [-0.3, -0.25) is 4.55 Å². The molecule has 24 heavy (non-hydrogen) atoms. The van der Waals surface area contributed by atoms with E-state index in [9.17, 15) is 8.42 Å². The summed E-state index contributed by atoms with van der Waals surface area (Å²) >= 11 is 0. The molecule has 0 aliphatic rings. The van der Waals surface area contributed by atoms with Gasteiger partial charge >= 0.3 is 10.4 Å². The van der Waals surface area contributed by atoms with Crippen molar-refractivity contribution in [2.45, 2.75) is 90.9 Å². The third-order valence-corrected chi connectivity index (χ3v) is 4.15. The van der Waals surface area contributed by atoms with Crippen molar-refractivity contribution in [3.8, 4) is 0 Å². The standard InChI is InChI=1S/C12H26O4S.C6H15N/c1-2-3-4-5-6-7-8-9-10-11-12-16-17(13,14)15;1-4-5-6-7(2)3/h2-12H2,1H3,(H,13,14,15);4-6H2,1-3H3. The Morgan fingerprint density at radius 3 is 1.50 bits per heavy atom. The first-order valence-electron chi connectivity index (χ1n) is 9.60. The Kier molecular flexibility index (Phi) is 20.8. The molecule has 0 atom stereocenters. The highest BCUT2D eigenvalue weighted by atomic mass is 32.3. The van der Waals surface area contributed by atoms with Gasteiger partial charge in [0.15, 0.2) is 0 Å². The number of hydrogen-bond acceptors (Lipinski definition) is 4. The van der Waals surface area contributed by atoms with Crippen molar-refractivity contribution >= 4 is 10.4 Å². The van der Waals surface area contributed by atoms with E-state index in [0.717, 1.165) is 12.8 Å². The van der Waals surface area contributed by atoms with E-state index in [1.165, 1.54) is 64.3 Å². The molecule has 0 unspecified atom stereocenters. The highest BCUT2D eigenvalue weighted by Gasteiger charge is 2.02. The molecule has 0 rings (SSSR count). The monoisotopic (exact) mass is 367 g/mol. The van der Waals surface area contributed by atoms with Crippen molar-refractivity contribution in [2.75, 3.05) is 27.2 Å². The molecule has 0 aromatic heterocycles. The topological polar surface area (TPSA) is 66.8 Å². The SMILES string of the molecule is CCCCCCCCCCCCOS(=O)(=O)O.CCCCN(C)C. The molecule has 0 aliphatic heterocycles. The minimum atomic E-state index is -4.23. The molecule has 6 heteroatoms. The van der Waals surface area contributed by atoms with E-state index in [0.29, 0.717) is 6.42 Å². The van der Waals surface area contributed by atoms with E-state index >= 15 is 0 Å². The van der Waals surface area contributed by atoms with Gasteiger partial charge in [-0.2, -0.15) is 8.42 Å². The summed E-state index contributed by atoms with van der Waals surface area (Å²) in [6, 6.07) is 0. The molecule has 148 valence electrons. The van der Waals surface area contributed by atoms with Crippen LogP contribution in [0.5, 0.6) is 0 Å². The van der Waals surface area contributed by atoms with Crippen molar-refractivity contribution in [2.24, 2.45) is 0 Å². The van der Waals surface area contributed by atoms with Gasteiger partial charge in [0.2, 0.25) is 0 Å². The molecular weight excluding hydrogens is 326 g/mol. The summed E-state index contributed by atoms with van der Waals surface area (Å²) in [4.78, 5) is 2.21. The average molecular weight is 368 g/mol. The minimum absolute atomic E-state index is 0.0926. The summed E-state index contributed by atoms with van der Waals surface area (Å²) in [6.45, 7) is 5.75. The summed E-state index contributed by atoms with van der Waals surface area (Å²) < 4.78 is 33.0. The van der Waals surface area contributed by atoms with E-state index in [1.54, 1.807) is 0 Å². The molecule has 5 nitrogen and oxygen atoms in total. The minimum Gasteiger partial charge on any atom is -0.309 e. The van der Waals surface area contributed by atoms with Crippen LogP contribution < -0.4 is 0 Å². The van der Waals surface area contributed by atoms with Crippen LogP contribution in [0.25, 0.3) is 0 Å². The van der Waals surface area contributed by atoms with Crippen LogP contribution in [0.4, 0.5) is 0 Å². The molecule has 0 amide bonds. The fourth-order valence-corrected chi connectivity index (χ4v) is 2.56. The summed E-state index contributed by atoms with van der Waals surface area (Å²) in [7, 11) is -0.0208. The van der Waals surface area contributed by atoms with Gasteiger partial charge in [0.05, 0.1) is 6.61 Å². The van der Waals surface area contributed by atoms with Gasteiger partial charge in [0.25, 0.3) is 0 Å². The first kappa shape index (κ1) is 26.1. The molecule has 0 aromatic rings. The second-order valence-corrected chi connectivity index (χ2v) is 7.68. The van der Waals surface area contributed by atoms with E-state index < -0.39 is 10.4 Å². The number of hydrogen-bond donors (Lipinski definition) is 1. The Hall–Kier alpha value is -0.170. The predicted molar refractivity (Wildman–Crippen MR) is 103 cm³/mol. The lowest BCUT2D eigenvalue weighted by molar-refractivity contribution is 0.261. The third kappa shape index (κ3) is 29.8. The third-order valence-electron chi connectivity index (χ3n) is 3.69. The van der Waals surface area contributed by atoms with Crippen LogP contribution in [0.15, 0.2) is 0 Å². The van der Waals surface area contributed by atoms with E-state index in [4.69, 9.17) is 4.55 Å². The lowest BCUT2D eigenvalue weighted by Gasteiger charge is -2.05. The molecule has 0 aromatic carbocycles. The lowest BCUT2D eigenvalue weighted by Crippen LogP contribution is -2.12. The van der Waals surface area contributed by atoms with Gasteiger partial charge < -0.3 is 4.90 Å². The second kappa shape index (κ2) is 19.2. The number of nitrogens with zero attached hydrogens (tertiary/aromatic N) is 1. The molecular formula is C18H41NO4S. The van der Waals surface area contributed by atoms with E-state index in [-0.39, 0.29) is 6.61 Å².